The van der Waals surface area contributed by atoms with E-state index >= 15 is 0 Å². The summed E-state index contributed by atoms with van der Waals surface area (Å²) >= 11 is 0. The average Bonchev–Trinajstić information content (AvgIpc) is 3.64. The molecule has 202 valence electrons. The van der Waals surface area contributed by atoms with Crippen LogP contribution in [0.15, 0.2) is 47.1 Å². The number of hydrogen-bond acceptors (Lipinski definition) is 9. The average molecular weight is 547 g/mol. The van der Waals surface area contributed by atoms with E-state index in [9.17, 15) is 18.5 Å². The Kier molecular flexibility index (Phi) is 6.18. The van der Waals surface area contributed by atoms with Crippen molar-refractivity contribution in [1.82, 2.24) is 15.0 Å². The molecule has 3 aliphatic rings. The summed E-state index contributed by atoms with van der Waals surface area (Å²) in [6.45, 7) is 0.900. The summed E-state index contributed by atoms with van der Waals surface area (Å²) < 4.78 is 30.1. The van der Waals surface area contributed by atoms with Gasteiger partial charge in [0, 0.05) is 42.7 Å². The van der Waals surface area contributed by atoms with Crippen molar-refractivity contribution >= 4 is 21.4 Å². The number of nitrogens with two attached hydrogens (primary N) is 1. The predicted molar refractivity (Wildman–Crippen MR) is 144 cm³/mol. The van der Waals surface area contributed by atoms with Crippen LogP contribution in [0, 0.1) is 22.2 Å². The van der Waals surface area contributed by atoms with E-state index in [1.54, 1.807) is 18.5 Å². The van der Waals surface area contributed by atoms with Gasteiger partial charge in [0.2, 0.25) is 11.7 Å². The number of benzene rings is 1. The molecule has 0 bridgehead atoms. The Balaban J connectivity index is 1.44. The minimum Gasteiger partial charge on any atom is -0.438 e. The van der Waals surface area contributed by atoms with Crippen LogP contribution in [-0.4, -0.2) is 53.9 Å². The fraction of sp³-hybridized carbons (Fsp3) is 0.464. The number of rotatable bonds is 6. The molecule has 39 heavy (non-hydrogen) atoms. The number of amides is 1. The summed E-state index contributed by atoms with van der Waals surface area (Å²) in [7, 11) is -2.98. The number of anilines is 1. The maximum atomic E-state index is 13.2. The Morgan fingerprint density at radius 3 is 2.38 bits per heavy atom. The third-order valence-electron chi connectivity index (χ3n) is 8.74. The molecule has 6 rings (SSSR count). The standard InChI is InChI=1S/C28H30N6O4S/c29-18-27(10-11-27)28(26(30)35)9-2-1-4-21(28)23-22(33-25(38-23)24-31-12-3-13-32-24)19-5-7-20(8-6-19)34-14-16-39(36,37)17-15-34/h3,5-8,12-13,21H,1-2,4,9-11,14-17H2,(H2,30,35). The monoisotopic (exact) mass is 546 g/mol. The van der Waals surface area contributed by atoms with Gasteiger partial charge in [0.25, 0.3) is 5.89 Å². The summed E-state index contributed by atoms with van der Waals surface area (Å²) in [4.78, 5) is 28.7. The maximum absolute atomic E-state index is 13.2. The van der Waals surface area contributed by atoms with E-state index in [1.165, 1.54) is 0 Å². The lowest BCUT2D eigenvalue weighted by Crippen LogP contribution is -2.50. The lowest BCUT2D eigenvalue weighted by Gasteiger charge is -2.44. The van der Waals surface area contributed by atoms with Crippen LogP contribution in [-0.2, 0) is 14.6 Å². The van der Waals surface area contributed by atoms with Gasteiger partial charge in [-0.2, -0.15) is 5.26 Å². The van der Waals surface area contributed by atoms with Crippen LogP contribution >= 0.6 is 0 Å². The van der Waals surface area contributed by atoms with Crippen molar-refractivity contribution in [1.29, 1.82) is 5.26 Å². The van der Waals surface area contributed by atoms with Crippen LogP contribution in [0.25, 0.3) is 23.0 Å². The zero-order valence-electron chi connectivity index (χ0n) is 21.5. The second-order valence-electron chi connectivity index (χ2n) is 10.8. The van der Waals surface area contributed by atoms with Crippen molar-refractivity contribution in [2.45, 2.75) is 44.4 Å². The van der Waals surface area contributed by atoms with Gasteiger partial charge < -0.3 is 15.1 Å². The van der Waals surface area contributed by atoms with Crippen molar-refractivity contribution in [3.05, 3.63) is 48.5 Å². The number of carbonyl (C=O) groups excluding carboxylic acids is 1. The zero-order chi connectivity index (χ0) is 27.3. The summed E-state index contributed by atoms with van der Waals surface area (Å²) in [6, 6.07) is 11.9. The highest BCUT2D eigenvalue weighted by Gasteiger charge is 2.67. The zero-order valence-corrected chi connectivity index (χ0v) is 22.4. The minimum absolute atomic E-state index is 0.139. The Bertz CT molecular complexity index is 1530. The third kappa shape index (κ3) is 4.27. The molecule has 11 heteroatoms. The van der Waals surface area contributed by atoms with Gasteiger partial charge in [0.05, 0.1) is 28.4 Å². The van der Waals surface area contributed by atoms with Crippen molar-refractivity contribution < 1.29 is 17.6 Å². The molecule has 3 heterocycles. The largest absolute Gasteiger partial charge is 0.438 e. The van der Waals surface area contributed by atoms with Crippen LogP contribution in [0.3, 0.4) is 0 Å². The predicted octanol–water partition coefficient (Wildman–Crippen LogP) is 3.47. The van der Waals surface area contributed by atoms with Crippen molar-refractivity contribution in [3.63, 3.8) is 0 Å². The normalized spacial score (nSPS) is 25.5. The Labute approximate surface area is 227 Å². The van der Waals surface area contributed by atoms with E-state index in [4.69, 9.17) is 15.1 Å². The van der Waals surface area contributed by atoms with Crippen LogP contribution in [0.5, 0.6) is 0 Å². The molecule has 1 amide bonds. The van der Waals surface area contributed by atoms with E-state index < -0.39 is 32.5 Å². The highest BCUT2D eigenvalue weighted by Crippen LogP contribution is 2.68. The first-order valence-electron chi connectivity index (χ1n) is 13.3. The Morgan fingerprint density at radius 2 is 1.77 bits per heavy atom. The molecule has 3 fully saturated rings. The van der Waals surface area contributed by atoms with Gasteiger partial charge >= 0.3 is 0 Å². The number of aromatic nitrogens is 3. The molecule has 1 saturated heterocycles. The number of carbonyl (C=O) groups is 1. The summed E-state index contributed by atoms with van der Waals surface area (Å²) in [5.41, 5.74) is 6.59. The first kappa shape index (κ1) is 25.5. The maximum Gasteiger partial charge on any atom is 0.265 e. The fourth-order valence-electron chi connectivity index (χ4n) is 6.49. The van der Waals surface area contributed by atoms with Crippen LogP contribution < -0.4 is 10.6 Å². The van der Waals surface area contributed by atoms with Crippen molar-refractivity contribution in [2.75, 3.05) is 29.5 Å². The molecule has 2 unspecified atom stereocenters. The molecule has 1 aromatic carbocycles. The van der Waals surface area contributed by atoms with Gasteiger partial charge in [-0.15, -0.1) is 0 Å². The lowest BCUT2D eigenvalue weighted by molar-refractivity contribution is -0.135. The first-order chi connectivity index (χ1) is 18.8. The van der Waals surface area contributed by atoms with Gasteiger partial charge in [0.1, 0.15) is 11.5 Å². The molecule has 3 aromatic rings. The molecule has 1 aliphatic heterocycles. The van der Waals surface area contributed by atoms with E-state index in [1.807, 2.05) is 24.3 Å². The number of sulfone groups is 1. The second kappa shape index (κ2) is 9.45. The van der Waals surface area contributed by atoms with Crippen LogP contribution in [0.4, 0.5) is 5.69 Å². The number of hydrogen-bond donors (Lipinski definition) is 1. The molecule has 2 atom stereocenters. The van der Waals surface area contributed by atoms with E-state index in [0.29, 0.717) is 56.1 Å². The molecule has 0 radical (unpaired) electrons. The minimum atomic E-state index is -2.98. The van der Waals surface area contributed by atoms with Gasteiger partial charge in [-0.25, -0.2) is 23.4 Å². The molecule has 2 aliphatic carbocycles. The van der Waals surface area contributed by atoms with Crippen molar-refractivity contribution in [3.8, 4) is 29.0 Å². The SMILES string of the molecule is N#CC1(C2(C(N)=O)CCCCC2c2oc(-c3ncccn3)nc2-c2ccc(N3CCS(=O)(=O)CC3)cc2)CC1. The molecular formula is C28H30N6O4S. The summed E-state index contributed by atoms with van der Waals surface area (Å²) in [5.74, 6) is 0.531. The van der Waals surface area contributed by atoms with E-state index in [0.717, 1.165) is 24.1 Å². The molecule has 2 aromatic heterocycles. The molecule has 2 N–H and O–H groups in total. The second-order valence-corrected chi connectivity index (χ2v) is 13.1. The van der Waals surface area contributed by atoms with Gasteiger partial charge in [-0.1, -0.05) is 25.0 Å². The van der Waals surface area contributed by atoms with Gasteiger partial charge in [-0.3, -0.25) is 4.79 Å². The Hall–Kier alpha value is -3.78. The highest BCUT2D eigenvalue weighted by atomic mass is 32.2. The topological polar surface area (TPSA) is 156 Å². The molecule has 0 spiro atoms. The van der Waals surface area contributed by atoms with E-state index in [-0.39, 0.29) is 17.4 Å². The summed E-state index contributed by atoms with van der Waals surface area (Å²) in [5, 5.41) is 10.2. The van der Waals surface area contributed by atoms with Crippen molar-refractivity contribution in [2.24, 2.45) is 16.6 Å². The quantitative estimate of drug-likeness (QED) is 0.489. The number of nitrogens with zero attached hydrogens (tertiary/aromatic N) is 5. The number of primary amides is 1. The van der Waals surface area contributed by atoms with Gasteiger partial charge in [0.15, 0.2) is 9.84 Å². The molecular weight excluding hydrogens is 516 g/mol. The lowest BCUT2D eigenvalue weighted by atomic mass is 9.56. The number of nitriles is 1. The summed E-state index contributed by atoms with van der Waals surface area (Å²) in [6.07, 6.45) is 7.41. The molecule has 10 nitrogen and oxygen atoms in total. The third-order valence-corrected chi connectivity index (χ3v) is 10.4. The smallest absolute Gasteiger partial charge is 0.265 e. The first-order valence-corrected chi connectivity index (χ1v) is 15.2. The molecule has 2 saturated carbocycles. The Morgan fingerprint density at radius 1 is 1.08 bits per heavy atom. The van der Waals surface area contributed by atoms with Crippen LogP contribution in [0.1, 0.15) is 50.2 Å². The van der Waals surface area contributed by atoms with Crippen LogP contribution in [0.2, 0.25) is 0 Å². The highest BCUT2D eigenvalue weighted by molar-refractivity contribution is 7.91. The number of oxazole rings is 1. The van der Waals surface area contributed by atoms with Gasteiger partial charge in [-0.05, 0) is 43.9 Å². The van der Waals surface area contributed by atoms with E-state index in [2.05, 4.69) is 20.9 Å². The fourth-order valence-corrected chi connectivity index (χ4v) is 7.70.